The summed E-state index contributed by atoms with van der Waals surface area (Å²) in [5.41, 5.74) is 0. The highest BCUT2D eigenvalue weighted by Crippen LogP contribution is 2.11. The predicted octanol–water partition coefficient (Wildman–Crippen LogP) is 0.951. The smallest absolute Gasteiger partial charge is 0.209 e. The van der Waals surface area contributed by atoms with Crippen molar-refractivity contribution in [2.45, 2.75) is 37.9 Å². The summed E-state index contributed by atoms with van der Waals surface area (Å²) in [7, 11) is 0. The molecule has 92 valence electrons. The van der Waals surface area contributed by atoms with Crippen molar-refractivity contribution >= 4 is 6.41 Å². The van der Waals surface area contributed by atoms with Crippen molar-refractivity contribution in [2.24, 2.45) is 0 Å². The fourth-order valence-electron chi connectivity index (χ4n) is 1.81. The van der Waals surface area contributed by atoms with Crippen LogP contribution < -0.4 is 0 Å². The van der Waals surface area contributed by atoms with E-state index in [1.54, 1.807) is 11.0 Å². The van der Waals surface area contributed by atoms with Gasteiger partial charge in [0, 0.05) is 19.7 Å². The Bertz CT molecular complexity index is 220. The third-order valence-electron chi connectivity index (χ3n) is 2.85. The molecule has 4 heteroatoms. The van der Waals surface area contributed by atoms with Crippen LogP contribution in [0.15, 0.2) is 12.7 Å². The van der Waals surface area contributed by atoms with Crippen molar-refractivity contribution in [3.63, 3.8) is 0 Å². The molecule has 0 spiro atoms. The minimum atomic E-state index is -0.392. The van der Waals surface area contributed by atoms with E-state index >= 15 is 0 Å². The fraction of sp³-hybridized carbons (Fsp3) is 0.750. The number of rotatable bonds is 8. The average Bonchev–Trinajstić information content (AvgIpc) is 2.76. The van der Waals surface area contributed by atoms with E-state index in [0.717, 1.165) is 45.2 Å². The van der Waals surface area contributed by atoms with E-state index in [4.69, 9.17) is 4.74 Å². The number of ether oxygens (including phenoxy) is 1. The van der Waals surface area contributed by atoms with Gasteiger partial charge in [-0.15, -0.1) is 6.58 Å². The van der Waals surface area contributed by atoms with Crippen LogP contribution in [0.3, 0.4) is 0 Å². The largest absolute Gasteiger partial charge is 0.389 e. The van der Waals surface area contributed by atoms with Crippen LogP contribution >= 0.6 is 0 Å². The molecule has 0 bridgehead atoms. The topological polar surface area (TPSA) is 49.8 Å². The molecule has 0 radical (unpaired) electrons. The number of aliphatic hydroxyl groups excluding tert-OH is 1. The van der Waals surface area contributed by atoms with Gasteiger partial charge >= 0.3 is 0 Å². The van der Waals surface area contributed by atoms with E-state index in [1.165, 1.54) is 0 Å². The molecular weight excluding hydrogens is 206 g/mol. The van der Waals surface area contributed by atoms with Crippen molar-refractivity contribution in [2.75, 3.05) is 19.7 Å². The molecule has 1 saturated heterocycles. The van der Waals surface area contributed by atoms with Gasteiger partial charge in [-0.25, -0.2) is 0 Å². The van der Waals surface area contributed by atoms with Crippen LogP contribution in [0.1, 0.15) is 25.7 Å². The van der Waals surface area contributed by atoms with Gasteiger partial charge in [-0.1, -0.05) is 6.08 Å². The van der Waals surface area contributed by atoms with Gasteiger partial charge in [0.25, 0.3) is 0 Å². The normalized spacial score (nSPS) is 22.1. The number of carbonyl (C=O) groups excluding carboxylic acids is 1. The summed E-state index contributed by atoms with van der Waals surface area (Å²) in [6, 6.07) is 0. The number of nitrogens with zero attached hydrogens (tertiary/aromatic N) is 1. The zero-order valence-corrected chi connectivity index (χ0v) is 9.68. The molecule has 1 heterocycles. The molecule has 0 aromatic heterocycles. The molecule has 16 heavy (non-hydrogen) atoms. The Hall–Kier alpha value is -0.870. The molecule has 0 aromatic carbocycles. The summed E-state index contributed by atoms with van der Waals surface area (Å²) in [4.78, 5) is 12.2. The zero-order chi connectivity index (χ0) is 11.8. The Balaban J connectivity index is 1.95. The van der Waals surface area contributed by atoms with E-state index in [2.05, 4.69) is 6.58 Å². The van der Waals surface area contributed by atoms with Crippen LogP contribution in [0.4, 0.5) is 0 Å². The third-order valence-corrected chi connectivity index (χ3v) is 2.85. The number of amides is 1. The molecule has 1 fully saturated rings. The molecule has 2 atom stereocenters. The second-order valence-corrected chi connectivity index (χ2v) is 4.18. The molecule has 1 N–H and O–H groups in total. The molecule has 4 nitrogen and oxygen atoms in total. The van der Waals surface area contributed by atoms with E-state index in [1.807, 2.05) is 0 Å². The maximum absolute atomic E-state index is 10.5. The van der Waals surface area contributed by atoms with Gasteiger partial charge in [0.15, 0.2) is 0 Å². The van der Waals surface area contributed by atoms with Crippen molar-refractivity contribution in [1.82, 2.24) is 4.90 Å². The lowest BCUT2D eigenvalue weighted by Crippen LogP contribution is -2.22. The highest BCUT2D eigenvalue weighted by atomic mass is 16.5. The molecule has 1 aliphatic heterocycles. The first-order valence-electron chi connectivity index (χ1n) is 5.88. The van der Waals surface area contributed by atoms with Gasteiger partial charge in [0.1, 0.15) is 0 Å². The quantitative estimate of drug-likeness (QED) is 0.381. The summed E-state index contributed by atoms with van der Waals surface area (Å²) in [5, 5.41) is 9.23. The Kier molecular flexibility index (Phi) is 6.11. The lowest BCUT2D eigenvalue weighted by Gasteiger charge is -2.12. The number of hydrogen-bond acceptors (Lipinski definition) is 3. The molecule has 1 unspecified atom stereocenters. The van der Waals surface area contributed by atoms with Crippen molar-refractivity contribution in [3.05, 3.63) is 12.7 Å². The van der Waals surface area contributed by atoms with Crippen LogP contribution in [0.2, 0.25) is 0 Å². The molecule has 1 aliphatic rings. The Labute approximate surface area is 96.9 Å². The van der Waals surface area contributed by atoms with Gasteiger partial charge in [-0.05, 0) is 25.7 Å². The van der Waals surface area contributed by atoms with Crippen LogP contribution in [0.25, 0.3) is 0 Å². The van der Waals surface area contributed by atoms with Crippen LogP contribution in [-0.4, -0.2) is 48.3 Å². The number of aliphatic hydroxyl groups is 1. The fourth-order valence-corrected chi connectivity index (χ4v) is 1.81. The second kappa shape index (κ2) is 7.41. The standard InChI is InChI=1S/C12H21NO3/c1-2-11(15)5-3-4-8-16-12-6-7-13(9-12)10-14/h2,10-12,15H,1,3-9H2/t11?,12-/m1/s1. The van der Waals surface area contributed by atoms with Crippen LogP contribution in [0.5, 0.6) is 0 Å². The molecular formula is C12H21NO3. The number of unbranched alkanes of at least 4 members (excludes halogenated alkanes) is 1. The van der Waals surface area contributed by atoms with Gasteiger partial charge in [-0.3, -0.25) is 4.79 Å². The summed E-state index contributed by atoms with van der Waals surface area (Å²) < 4.78 is 5.64. The van der Waals surface area contributed by atoms with Crippen molar-refractivity contribution < 1.29 is 14.6 Å². The van der Waals surface area contributed by atoms with E-state index < -0.39 is 6.10 Å². The minimum absolute atomic E-state index is 0.203. The second-order valence-electron chi connectivity index (χ2n) is 4.18. The first-order valence-corrected chi connectivity index (χ1v) is 5.88. The summed E-state index contributed by atoms with van der Waals surface area (Å²) in [6.45, 7) is 5.76. The van der Waals surface area contributed by atoms with Crippen molar-refractivity contribution in [1.29, 1.82) is 0 Å². The number of carbonyl (C=O) groups is 1. The van der Waals surface area contributed by atoms with E-state index in [9.17, 15) is 9.90 Å². The number of hydrogen-bond donors (Lipinski definition) is 1. The van der Waals surface area contributed by atoms with Gasteiger partial charge < -0.3 is 14.7 Å². The van der Waals surface area contributed by atoms with Crippen LogP contribution in [0, 0.1) is 0 Å². The average molecular weight is 227 g/mol. The molecule has 1 amide bonds. The van der Waals surface area contributed by atoms with Gasteiger partial charge in [-0.2, -0.15) is 0 Å². The maximum Gasteiger partial charge on any atom is 0.209 e. The predicted molar refractivity (Wildman–Crippen MR) is 62.0 cm³/mol. The monoisotopic (exact) mass is 227 g/mol. The first kappa shape index (κ1) is 13.2. The summed E-state index contributed by atoms with van der Waals surface area (Å²) in [6.07, 6.45) is 5.82. The van der Waals surface area contributed by atoms with Gasteiger partial charge in [0.2, 0.25) is 6.41 Å². The molecule has 1 rings (SSSR count). The summed E-state index contributed by atoms with van der Waals surface area (Å²) >= 11 is 0. The zero-order valence-electron chi connectivity index (χ0n) is 9.68. The van der Waals surface area contributed by atoms with Gasteiger partial charge in [0.05, 0.1) is 12.2 Å². The maximum atomic E-state index is 10.5. The molecule has 0 aliphatic carbocycles. The highest BCUT2D eigenvalue weighted by molar-refractivity contribution is 5.47. The van der Waals surface area contributed by atoms with Crippen molar-refractivity contribution in [3.8, 4) is 0 Å². The lowest BCUT2D eigenvalue weighted by atomic mass is 10.1. The molecule has 0 aromatic rings. The number of likely N-dealkylation sites (tertiary alicyclic amines) is 1. The SMILES string of the molecule is C=CC(O)CCCCO[C@@H]1CCN(C=O)C1. The summed E-state index contributed by atoms with van der Waals surface area (Å²) in [5.74, 6) is 0. The Morgan fingerprint density at radius 3 is 3.00 bits per heavy atom. The van der Waals surface area contributed by atoms with Crippen LogP contribution in [-0.2, 0) is 9.53 Å². The van der Waals surface area contributed by atoms with E-state index in [0.29, 0.717) is 6.61 Å². The molecule has 0 saturated carbocycles. The highest BCUT2D eigenvalue weighted by Gasteiger charge is 2.21. The first-order chi connectivity index (χ1) is 7.76. The third kappa shape index (κ3) is 4.77. The van der Waals surface area contributed by atoms with E-state index in [-0.39, 0.29) is 6.10 Å². The Morgan fingerprint density at radius 2 is 2.38 bits per heavy atom. The minimum Gasteiger partial charge on any atom is -0.389 e. The Morgan fingerprint density at radius 1 is 1.56 bits per heavy atom. The lowest BCUT2D eigenvalue weighted by molar-refractivity contribution is -0.117.